The second-order valence-electron chi connectivity index (χ2n) is 4.27. The van der Waals surface area contributed by atoms with Gasteiger partial charge in [-0.1, -0.05) is 18.2 Å². The Labute approximate surface area is 104 Å². The third-order valence-corrected chi connectivity index (χ3v) is 3.21. The van der Waals surface area contributed by atoms with Crippen molar-refractivity contribution in [1.82, 2.24) is 9.55 Å². The SMILES string of the molecule is Cn1cc(-c2c[nH]c(N)c2C#N)c2ccccc21. The highest BCUT2D eigenvalue weighted by molar-refractivity contribution is 5.98. The van der Waals surface area contributed by atoms with E-state index in [0.717, 1.165) is 22.0 Å². The maximum atomic E-state index is 9.17. The molecule has 1 aromatic carbocycles. The second kappa shape index (κ2) is 3.67. The number of aryl methyl sites for hydroxylation is 1. The van der Waals surface area contributed by atoms with Gasteiger partial charge in [-0.05, 0) is 6.07 Å². The summed E-state index contributed by atoms with van der Waals surface area (Å²) in [5.41, 5.74) is 9.28. The van der Waals surface area contributed by atoms with Gasteiger partial charge in [0, 0.05) is 41.5 Å². The number of nitrogens with zero attached hydrogens (tertiary/aromatic N) is 2. The Bertz CT molecular complexity index is 771. The molecular weight excluding hydrogens is 224 g/mol. The molecule has 0 amide bonds. The van der Waals surface area contributed by atoms with Gasteiger partial charge in [0.25, 0.3) is 0 Å². The zero-order valence-electron chi connectivity index (χ0n) is 9.94. The molecule has 3 aromatic rings. The van der Waals surface area contributed by atoms with Crippen LogP contribution in [-0.4, -0.2) is 9.55 Å². The van der Waals surface area contributed by atoms with Crippen molar-refractivity contribution < 1.29 is 0 Å². The Kier molecular flexibility index (Phi) is 2.14. The summed E-state index contributed by atoms with van der Waals surface area (Å²) in [6.07, 6.45) is 3.81. The van der Waals surface area contributed by atoms with Crippen molar-refractivity contribution in [2.24, 2.45) is 7.05 Å². The van der Waals surface area contributed by atoms with Crippen LogP contribution in [0.4, 0.5) is 5.82 Å². The molecule has 18 heavy (non-hydrogen) atoms. The molecule has 0 aliphatic heterocycles. The number of fused-ring (bicyclic) bond motifs is 1. The number of aromatic nitrogens is 2. The van der Waals surface area contributed by atoms with Gasteiger partial charge in [0.05, 0.1) is 0 Å². The highest BCUT2D eigenvalue weighted by Gasteiger charge is 2.15. The molecule has 0 atom stereocenters. The molecule has 0 unspecified atom stereocenters. The number of aromatic amines is 1. The number of nitriles is 1. The molecule has 0 saturated heterocycles. The van der Waals surface area contributed by atoms with Crippen molar-refractivity contribution in [2.45, 2.75) is 0 Å². The van der Waals surface area contributed by atoms with E-state index >= 15 is 0 Å². The normalized spacial score (nSPS) is 10.7. The molecule has 0 aliphatic carbocycles. The van der Waals surface area contributed by atoms with Crippen molar-refractivity contribution >= 4 is 16.7 Å². The molecular formula is C14H12N4. The molecule has 3 rings (SSSR count). The summed E-state index contributed by atoms with van der Waals surface area (Å²) < 4.78 is 2.05. The summed E-state index contributed by atoms with van der Waals surface area (Å²) in [7, 11) is 1.99. The minimum absolute atomic E-state index is 0.417. The van der Waals surface area contributed by atoms with E-state index in [0.29, 0.717) is 11.4 Å². The Hall–Kier alpha value is -2.67. The number of nitrogens with two attached hydrogens (primary N) is 1. The van der Waals surface area contributed by atoms with Crippen LogP contribution in [0.3, 0.4) is 0 Å². The topological polar surface area (TPSA) is 70.5 Å². The zero-order chi connectivity index (χ0) is 12.7. The maximum Gasteiger partial charge on any atom is 0.119 e. The number of nitrogens with one attached hydrogen (secondary N) is 1. The molecule has 2 aromatic heterocycles. The lowest BCUT2D eigenvalue weighted by atomic mass is 10.0. The van der Waals surface area contributed by atoms with Crippen LogP contribution in [-0.2, 0) is 7.05 Å². The van der Waals surface area contributed by atoms with Gasteiger partial charge in [-0.2, -0.15) is 5.26 Å². The van der Waals surface area contributed by atoms with E-state index in [1.54, 1.807) is 6.20 Å². The van der Waals surface area contributed by atoms with Crippen LogP contribution in [0.15, 0.2) is 36.7 Å². The van der Waals surface area contributed by atoms with E-state index in [-0.39, 0.29) is 0 Å². The number of anilines is 1. The molecule has 4 nitrogen and oxygen atoms in total. The van der Waals surface area contributed by atoms with Crippen LogP contribution in [0.5, 0.6) is 0 Å². The van der Waals surface area contributed by atoms with Crippen LogP contribution < -0.4 is 5.73 Å². The molecule has 0 saturated carbocycles. The van der Waals surface area contributed by atoms with E-state index in [9.17, 15) is 5.26 Å². The van der Waals surface area contributed by atoms with Gasteiger partial charge in [0.1, 0.15) is 17.5 Å². The first-order valence-corrected chi connectivity index (χ1v) is 5.63. The number of hydrogen-bond donors (Lipinski definition) is 2. The van der Waals surface area contributed by atoms with Gasteiger partial charge in [0.15, 0.2) is 0 Å². The fourth-order valence-corrected chi connectivity index (χ4v) is 2.33. The first-order valence-electron chi connectivity index (χ1n) is 5.63. The average Bonchev–Trinajstić information content (AvgIpc) is 2.91. The van der Waals surface area contributed by atoms with Crippen molar-refractivity contribution in [1.29, 1.82) is 5.26 Å². The highest BCUT2D eigenvalue weighted by Crippen LogP contribution is 2.33. The molecule has 4 heteroatoms. The Morgan fingerprint density at radius 2 is 2.06 bits per heavy atom. The third kappa shape index (κ3) is 1.31. The van der Waals surface area contributed by atoms with Crippen LogP contribution in [0.25, 0.3) is 22.0 Å². The lowest BCUT2D eigenvalue weighted by Gasteiger charge is -1.96. The standard InChI is InChI=1S/C14H12N4/c1-18-8-12(9-4-2-3-5-13(9)18)11-7-17-14(16)10(11)6-15/h2-5,7-8,17H,16H2,1H3. The van der Waals surface area contributed by atoms with Crippen molar-refractivity contribution in [3.8, 4) is 17.2 Å². The molecule has 88 valence electrons. The molecule has 0 fully saturated rings. The summed E-state index contributed by atoms with van der Waals surface area (Å²) in [6, 6.07) is 10.3. The van der Waals surface area contributed by atoms with E-state index in [2.05, 4.69) is 27.8 Å². The van der Waals surface area contributed by atoms with E-state index < -0.39 is 0 Å². The summed E-state index contributed by atoms with van der Waals surface area (Å²) >= 11 is 0. The monoisotopic (exact) mass is 236 g/mol. The van der Waals surface area contributed by atoms with Gasteiger partial charge in [-0.25, -0.2) is 0 Å². The first kappa shape index (κ1) is 10.5. The lowest BCUT2D eigenvalue weighted by molar-refractivity contribution is 0.970. The summed E-state index contributed by atoms with van der Waals surface area (Å²) in [4.78, 5) is 2.91. The number of benzene rings is 1. The van der Waals surface area contributed by atoms with Gasteiger partial charge in [0.2, 0.25) is 0 Å². The quantitative estimate of drug-likeness (QED) is 0.681. The largest absolute Gasteiger partial charge is 0.384 e. The van der Waals surface area contributed by atoms with E-state index in [1.165, 1.54) is 0 Å². The maximum absolute atomic E-state index is 9.17. The van der Waals surface area contributed by atoms with Crippen LogP contribution >= 0.6 is 0 Å². The van der Waals surface area contributed by atoms with Gasteiger partial charge >= 0.3 is 0 Å². The number of rotatable bonds is 1. The van der Waals surface area contributed by atoms with Crippen molar-refractivity contribution in [3.05, 3.63) is 42.2 Å². The third-order valence-electron chi connectivity index (χ3n) is 3.21. The van der Waals surface area contributed by atoms with Gasteiger partial charge in [-0.15, -0.1) is 0 Å². The fourth-order valence-electron chi connectivity index (χ4n) is 2.33. The van der Waals surface area contributed by atoms with Crippen LogP contribution in [0, 0.1) is 11.3 Å². The smallest absolute Gasteiger partial charge is 0.119 e. The number of H-pyrrole nitrogens is 1. The molecule has 0 bridgehead atoms. The molecule has 0 radical (unpaired) electrons. The van der Waals surface area contributed by atoms with Crippen molar-refractivity contribution in [2.75, 3.05) is 5.73 Å². The second-order valence-corrected chi connectivity index (χ2v) is 4.27. The molecule has 0 aliphatic rings. The predicted octanol–water partition coefficient (Wildman–Crippen LogP) is 2.63. The van der Waals surface area contributed by atoms with Crippen LogP contribution in [0.1, 0.15) is 5.56 Å². The van der Waals surface area contributed by atoms with Crippen molar-refractivity contribution in [3.63, 3.8) is 0 Å². The Morgan fingerprint density at radius 3 is 2.83 bits per heavy atom. The van der Waals surface area contributed by atoms with E-state index in [4.69, 9.17) is 5.73 Å². The predicted molar refractivity (Wildman–Crippen MR) is 71.8 cm³/mol. The Balaban J connectivity index is 2.36. The number of nitrogen functional groups attached to an aromatic ring is 1. The minimum atomic E-state index is 0.417. The first-order chi connectivity index (χ1) is 8.72. The molecule has 2 heterocycles. The minimum Gasteiger partial charge on any atom is -0.384 e. The summed E-state index contributed by atoms with van der Waals surface area (Å²) in [5, 5.41) is 10.3. The molecule has 0 spiro atoms. The van der Waals surface area contributed by atoms with Gasteiger partial charge in [-0.3, -0.25) is 0 Å². The lowest BCUT2D eigenvalue weighted by Crippen LogP contribution is -1.87. The fraction of sp³-hybridized carbons (Fsp3) is 0.0714. The highest BCUT2D eigenvalue weighted by atomic mass is 14.9. The van der Waals surface area contributed by atoms with Gasteiger partial charge < -0.3 is 15.3 Å². The molecule has 3 N–H and O–H groups in total. The Morgan fingerprint density at radius 1 is 1.28 bits per heavy atom. The average molecular weight is 236 g/mol. The zero-order valence-corrected chi connectivity index (χ0v) is 9.94. The summed E-state index contributed by atoms with van der Waals surface area (Å²) in [5.74, 6) is 0.417. The van der Waals surface area contributed by atoms with E-state index in [1.807, 2.05) is 25.4 Å². The number of para-hydroxylation sites is 1. The summed E-state index contributed by atoms with van der Waals surface area (Å²) in [6.45, 7) is 0. The van der Waals surface area contributed by atoms with Crippen LogP contribution in [0.2, 0.25) is 0 Å². The number of hydrogen-bond acceptors (Lipinski definition) is 2.